The van der Waals surface area contributed by atoms with Gasteiger partial charge in [-0.2, -0.15) is 0 Å². The number of rotatable bonds is 7. The number of hydrogen-bond acceptors (Lipinski definition) is 3. The van der Waals surface area contributed by atoms with Crippen LogP contribution in [0.2, 0.25) is 0 Å². The lowest BCUT2D eigenvalue weighted by atomic mass is 9.64. The van der Waals surface area contributed by atoms with Gasteiger partial charge in [-0.15, -0.1) is 0 Å². The Labute approximate surface area is 447 Å². The molecular weight excluding hydrogens is 935 g/mol. The van der Waals surface area contributed by atoms with Crippen molar-refractivity contribution in [2.45, 2.75) is 5.41 Å². The molecule has 0 fully saturated rings. The first kappa shape index (κ1) is 43.3. The van der Waals surface area contributed by atoms with Crippen LogP contribution in [-0.2, 0) is 5.41 Å². The molecule has 4 heteroatoms. The van der Waals surface area contributed by atoms with E-state index in [1.807, 2.05) is 0 Å². The van der Waals surface area contributed by atoms with Crippen molar-refractivity contribution in [3.63, 3.8) is 0 Å². The molecule has 12 aromatic carbocycles. The fraction of sp³-hybridized carbons (Fsp3) is 0.0137. The number of para-hydroxylation sites is 5. The molecule has 0 radical (unpaired) electrons. The first-order valence-electron chi connectivity index (χ1n) is 26.5. The van der Waals surface area contributed by atoms with Crippen LogP contribution in [0, 0.1) is 0 Å². The van der Waals surface area contributed by atoms with Crippen molar-refractivity contribution in [2.24, 2.45) is 0 Å². The first-order valence-corrected chi connectivity index (χ1v) is 26.5. The van der Waals surface area contributed by atoms with Gasteiger partial charge in [0, 0.05) is 33.5 Å². The minimum Gasteiger partial charge on any atom is -0.453 e. The summed E-state index contributed by atoms with van der Waals surface area (Å²) in [6.45, 7) is 0. The molecular formula is C73H47N3O. The fourth-order valence-electron chi connectivity index (χ4n) is 13.1. The van der Waals surface area contributed by atoms with Crippen LogP contribution in [0.25, 0.3) is 72.0 Å². The number of fused-ring (bicyclic) bond motifs is 14. The molecule has 13 aromatic rings. The van der Waals surface area contributed by atoms with E-state index in [4.69, 9.17) is 4.74 Å². The molecule has 1 spiro atoms. The van der Waals surface area contributed by atoms with Crippen LogP contribution >= 0.6 is 0 Å². The molecule has 1 aromatic heterocycles. The molecule has 77 heavy (non-hydrogen) atoms. The van der Waals surface area contributed by atoms with Crippen molar-refractivity contribution >= 4 is 55.9 Å². The highest BCUT2D eigenvalue weighted by atomic mass is 16.5. The van der Waals surface area contributed by atoms with Crippen LogP contribution in [0.4, 0.5) is 34.1 Å². The van der Waals surface area contributed by atoms with Gasteiger partial charge in [0.1, 0.15) is 0 Å². The molecule has 0 saturated heterocycles. The summed E-state index contributed by atoms with van der Waals surface area (Å²) in [6, 6.07) is 105. The fourth-order valence-corrected chi connectivity index (χ4v) is 13.1. The van der Waals surface area contributed by atoms with Gasteiger partial charge in [-0.3, -0.25) is 0 Å². The molecule has 360 valence electrons. The zero-order valence-electron chi connectivity index (χ0n) is 41.9. The Bertz CT molecular complexity index is 4440. The molecule has 4 nitrogen and oxygen atoms in total. The predicted molar refractivity (Wildman–Crippen MR) is 317 cm³/mol. The Morgan fingerprint density at radius 1 is 0.312 bits per heavy atom. The van der Waals surface area contributed by atoms with Gasteiger partial charge >= 0.3 is 0 Å². The van der Waals surface area contributed by atoms with Crippen LogP contribution in [0.1, 0.15) is 22.3 Å². The van der Waals surface area contributed by atoms with E-state index in [0.717, 1.165) is 79.1 Å². The van der Waals surface area contributed by atoms with E-state index < -0.39 is 5.41 Å². The standard InChI is InChI=1S/C73H47N3O/c1-4-19-48(20-5-1)50-35-38-55(39-36-50)74(56-40-42-67-61(47-56)60-27-12-15-31-66(60)75(67)54-23-8-3-9-24-54)57-44-52(49-21-6-2-7-22-49)43-53(45-57)51-37-41-68-65(46-51)73(62-28-13-10-25-58(62)59-26-11-14-29-63(59)73)64-30-18-34-71-72(64)76(68)69-32-16-17-33-70(69)77-71/h1-47H. The lowest BCUT2D eigenvalue weighted by Gasteiger charge is -2.47. The lowest BCUT2D eigenvalue weighted by molar-refractivity contribution is 0.473. The maximum Gasteiger partial charge on any atom is 0.151 e. The van der Waals surface area contributed by atoms with Crippen molar-refractivity contribution in [2.75, 3.05) is 9.80 Å². The van der Waals surface area contributed by atoms with Crippen LogP contribution in [0.5, 0.6) is 11.5 Å². The summed E-state index contributed by atoms with van der Waals surface area (Å²) in [5, 5.41) is 2.40. The molecule has 16 rings (SSSR count). The summed E-state index contributed by atoms with van der Waals surface area (Å²) >= 11 is 0. The molecule has 0 saturated carbocycles. The van der Waals surface area contributed by atoms with E-state index in [1.165, 1.54) is 60.8 Å². The SMILES string of the molecule is c1ccc(-c2ccc(N(c3cc(-c4ccccc4)cc(-c4ccc5c(c4)C4(c6ccccc6-c6ccccc64)c4cccc6c4N5c4ccccc4O6)c3)c3ccc4c(c3)c3ccccc3n4-c3ccccc3)cc2)cc1. The summed E-state index contributed by atoms with van der Waals surface area (Å²) in [6.07, 6.45) is 0. The summed E-state index contributed by atoms with van der Waals surface area (Å²) in [4.78, 5) is 4.90. The normalized spacial score (nSPS) is 13.1. The highest BCUT2D eigenvalue weighted by Gasteiger charge is 2.53. The predicted octanol–water partition coefficient (Wildman–Crippen LogP) is 19.5. The van der Waals surface area contributed by atoms with E-state index in [9.17, 15) is 0 Å². The van der Waals surface area contributed by atoms with E-state index >= 15 is 0 Å². The zero-order chi connectivity index (χ0) is 50.6. The monoisotopic (exact) mass is 981 g/mol. The average Bonchev–Trinajstić information content (AvgIpc) is 4.20. The number of benzene rings is 12. The highest BCUT2D eigenvalue weighted by molar-refractivity contribution is 6.11. The largest absolute Gasteiger partial charge is 0.453 e. The molecule has 1 aliphatic carbocycles. The molecule has 0 unspecified atom stereocenters. The zero-order valence-corrected chi connectivity index (χ0v) is 41.9. The van der Waals surface area contributed by atoms with Crippen molar-refractivity contribution < 1.29 is 4.74 Å². The number of aromatic nitrogens is 1. The van der Waals surface area contributed by atoms with Crippen molar-refractivity contribution in [3.8, 4) is 61.7 Å². The van der Waals surface area contributed by atoms with Gasteiger partial charge in [-0.05, 0) is 164 Å². The second-order valence-electron chi connectivity index (χ2n) is 20.4. The summed E-state index contributed by atoms with van der Waals surface area (Å²) in [5.41, 5.74) is 23.7. The van der Waals surface area contributed by atoms with E-state index in [0.29, 0.717) is 0 Å². The third-order valence-corrected chi connectivity index (χ3v) is 16.3. The maximum absolute atomic E-state index is 6.82. The van der Waals surface area contributed by atoms with Crippen molar-refractivity contribution in [1.82, 2.24) is 4.57 Å². The lowest BCUT2D eigenvalue weighted by Crippen LogP contribution is -2.37. The minimum absolute atomic E-state index is 0.642. The summed E-state index contributed by atoms with van der Waals surface area (Å²) in [5.74, 6) is 1.70. The van der Waals surface area contributed by atoms with Gasteiger partial charge in [-0.1, -0.05) is 188 Å². The van der Waals surface area contributed by atoms with Crippen LogP contribution in [0.3, 0.4) is 0 Å². The number of hydrogen-bond donors (Lipinski definition) is 0. The highest BCUT2D eigenvalue weighted by Crippen LogP contribution is 2.67. The van der Waals surface area contributed by atoms with Crippen LogP contribution < -0.4 is 14.5 Å². The van der Waals surface area contributed by atoms with Crippen molar-refractivity contribution in [1.29, 1.82) is 0 Å². The number of nitrogens with zero attached hydrogens (tertiary/aromatic N) is 3. The third kappa shape index (κ3) is 6.46. The van der Waals surface area contributed by atoms with Gasteiger partial charge in [0.05, 0.1) is 33.5 Å². The molecule has 0 bridgehead atoms. The molecule has 0 N–H and O–H groups in total. The second-order valence-corrected chi connectivity index (χ2v) is 20.4. The summed E-state index contributed by atoms with van der Waals surface area (Å²) in [7, 11) is 0. The number of ether oxygens (including phenoxy) is 1. The van der Waals surface area contributed by atoms with Crippen LogP contribution in [-0.4, -0.2) is 4.57 Å². The van der Waals surface area contributed by atoms with Gasteiger partial charge in [0.15, 0.2) is 11.5 Å². The average molecular weight is 982 g/mol. The van der Waals surface area contributed by atoms with Crippen molar-refractivity contribution in [3.05, 3.63) is 307 Å². The van der Waals surface area contributed by atoms with E-state index in [2.05, 4.69) is 299 Å². The quantitative estimate of drug-likeness (QED) is 0.159. The Morgan fingerprint density at radius 2 is 0.870 bits per heavy atom. The first-order chi connectivity index (χ1) is 38.2. The summed E-state index contributed by atoms with van der Waals surface area (Å²) < 4.78 is 9.21. The second kappa shape index (κ2) is 16.9. The smallest absolute Gasteiger partial charge is 0.151 e. The Hall–Kier alpha value is -10.2. The third-order valence-electron chi connectivity index (χ3n) is 16.3. The van der Waals surface area contributed by atoms with Gasteiger partial charge in [-0.25, -0.2) is 0 Å². The van der Waals surface area contributed by atoms with Gasteiger partial charge < -0.3 is 19.1 Å². The van der Waals surface area contributed by atoms with E-state index in [1.54, 1.807) is 0 Å². The molecule has 0 atom stereocenters. The molecule has 0 amide bonds. The van der Waals surface area contributed by atoms with Crippen LogP contribution in [0.15, 0.2) is 285 Å². The molecule has 3 aliphatic rings. The molecule has 2 aliphatic heterocycles. The Kier molecular flexibility index (Phi) is 9.52. The Morgan fingerprint density at radius 3 is 1.62 bits per heavy atom. The van der Waals surface area contributed by atoms with Gasteiger partial charge in [0.2, 0.25) is 0 Å². The topological polar surface area (TPSA) is 20.6 Å². The Balaban J connectivity index is 0.951. The number of anilines is 6. The molecule has 3 heterocycles. The minimum atomic E-state index is -0.642. The van der Waals surface area contributed by atoms with Gasteiger partial charge in [0.25, 0.3) is 0 Å². The maximum atomic E-state index is 6.82. The van der Waals surface area contributed by atoms with E-state index in [-0.39, 0.29) is 0 Å².